The molecule has 2 rings (SSSR count). The van der Waals surface area contributed by atoms with E-state index in [9.17, 15) is 0 Å². The lowest BCUT2D eigenvalue weighted by Crippen LogP contribution is -2.20. The summed E-state index contributed by atoms with van der Waals surface area (Å²) in [5.74, 6) is 0.467. The van der Waals surface area contributed by atoms with Crippen LogP contribution < -0.4 is 14.4 Å². The predicted octanol–water partition coefficient (Wildman–Crippen LogP) is 0.920. The molecule has 0 aliphatic rings. The van der Waals surface area contributed by atoms with E-state index in [1.54, 1.807) is 6.20 Å². The maximum Gasteiger partial charge on any atom is 0.324 e. The number of nitrogens with zero attached hydrogens (tertiary/aromatic N) is 5. The Kier molecular flexibility index (Phi) is 4.07. The van der Waals surface area contributed by atoms with E-state index < -0.39 is 0 Å². The topological polar surface area (TPSA) is 73.3 Å². The van der Waals surface area contributed by atoms with E-state index in [1.807, 2.05) is 30.1 Å². The van der Waals surface area contributed by atoms with Crippen LogP contribution in [0.4, 0.5) is 5.95 Å². The Morgan fingerprint density at radius 3 is 2.26 bits per heavy atom. The van der Waals surface area contributed by atoms with Crippen molar-refractivity contribution < 1.29 is 9.47 Å². The second-order valence-electron chi connectivity index (χ2n) is 3.79. The van der Waals surface area contributed by atoms with E-state index >= 15 is 0 Å². The van der Waals surface area contributed by atoms with E-state index in [2.05, 4.69) is 19.9 Å². The minimum absolute atomic E-state index is 0.217. The van der Waals surface area contributed by atoms with Crippen molar-refractivity contribution in [3.63, 3.8) is 0 Å². The van der Waals surface area contributed by atoms with Crippen molar-refractivity contribution in [3.8, 4) is 12.0 Å². The van der Waals surface area contributed by atoms with Crippen molar-refractivity contribution in [2.75, 3.05) is 26.2 Å². The number of hydrogen-bond donors (Lipinski definition) is 0. The normalized spacial score (nSPS) is 10.1. The summed E-state index contributed by atoms with van der Waals surface area (Å²) >= 11 is 0. The number of methoxy groups -OCH3 is 2. The van der Waals surface area contributed by atoms with Crippen molar-refractivity contribution in [3.05, 3.63) is 30.1 Å². The third kappa shape index (κ3) is 3.27. The third-order valence-corrected chi connectivity index (χ3v) is 2.41. The molecule has 100 valence electrons. The Balaban J connectivity index is 2.20. The summed E-state index contributed by atoms with van der Waals surface area (Å²) in [5.41, 5.74) is 0.920. The van der Waals surface area contributed by atoms with Crippen LogP contribution in [0, 0.1) is 0 Å². The quantitative estimate of drug-likeness (QED) is 0.792. The van der Waals surface area contributed by atoms with E-state index in [0.717, 1.165) is 5.69 Å². The van der Waals surface area contributed by atoms with E-state index in [4.69, 9.17) is 9.47 Å². The SMILES string of the molecule is COc1nc(OC)nc(N(C)Cc2ccccn2)n1. The molecule has 0 aromatic carbocycles. The van der Waals surface area contributed by atoms with Gasteiger partial charge in [-0.3, -0.25) is 4.98 Å². The van der Waals surface area contributed by atoms with Gasteiger partial charge >= 0.3 is 12.0 Å². The molecule has 0 radical (unpaired) electrons. The van der Waals surface area contributed by atoms with Gasteiger partial charge in [0.05, 0.1) is 26.5 Å². The van der Waals surface area contributed by atoms with Crippen LogP contribution in [0.3, 0.4) is 0 Å². The van der Waals surface area contributed by atoms with Gasteiger partial charge in [-0.15, -0.1) is 4.98 Å². The molecule has 2 heterocycles. The van der Waals surface area contributed by atoms with Crippen molar-refractivity contribution >= 4 is 5.95 Å². The second kappa shape index (κ2) is 5.94. The standard InChI is InChI=1S/C12H15N5O2/c1-17(8-9-6-4-5-7-13-9)10-14-11(18-2)16-12(15-10)19-3/h4-7H,8H2,1-3H3. The van der Waals surface area contributed by atoms with Gasteiger partial charge in [0.15, 0.2) is 0 Å². The van der Waals surface area contributed by atoms with Gasteiger partial charge in [-0.2, -0.15) is 9.97 Å². The average molecular weight is 261 g/mol. The molecule has 0 saturated carbocycles. The number of aromatic nitrogens is 4. The maximum absolute atomic E-state index is 5.01. The Bertz CT molecular complexity index is 513. The molecule has 2 aromatic rings. The molecule has 0 amide bonds. The Morgan fingerprint density at radius 2 is 1.74 bits per heavy atom. The number of anilines is 1. The van der Waals surface area contributed by atoms with Crippen LogP contribution in [0.15, 0.2) is 24.4 Å². The van der Waals surface area contributed by atoms with E-state index in [-0.39, 0.29) is 12.0 Å². The molecule has 0 aliphatic carbocycles. The smallest absolute Gasteiger partial charge is 0.324 e. The Labute approximate surface area is 111 Å². The lowest BCUT2D eigenvalue weighted by Gasteiger charge is -2.16. The number of rotatable bonds is 5. The van der Waals surface area contributed by atoms with Gasteiger partial charge < -0.3 is 14.4 Å². The summed E-state index contributed by atoms with van der Waals surface area (Å²) in [6, 6.07) is 6.18. The van der Waals surface area contributed by atoms with Crippen LogP contribution in [0.2, 0.25) is 0 Å². The first-order valence-electron chi connectivity index (χ1n) is 5.68. The molecular weight excluding hydrogens is 246 g/mol. The van der Waals surface area contributed by atoms with Crippen molar-refractivity contribution in [2.45, 2.75) is 6.54 Å². The van der Waals surface area contributed by atoms with Crippen LogP contribution in [0.25, 0.3) is 0 Å². The van der Waals surface area contributed by atoms with E-state index in [0.29, 0.717) is 12.5 Å². The minimum Gasteiger partial charge on any atom is -0.467 e. The van der Waals surface area contributed by atoms with Gasteiger partial charge in [0, 0.05) is 13.2 Å². The van der Waals surface area contributed by atoms with Gasteiger partial charge in [-0.1, -0.05) is 6.07 Å². The molecular formula is C12H15N5O2. The highest BCUT2D eigenvalue weighted by atomic mass is 16.5. The molecule has 0 saturated heterocycles. The molecule has 0 fully saturated rings. The van der Waals surface area contributed by atoms with Crippen molar-refractivity contribution in [1.29, 1.82) is 0 Å². The van der Waals surface area contributed by atoms with Gasteiger partial charge in [0.1, 0.15) is 0 Å². The van der Waals surface area contributed by atoms with Gasteiger partial charge in [-0.05, 0) is 12.1 Å². The molecule has 7 nitrogen and oxygen atoms in total. The molecule has 0 N–H and O–H groups in total. The summed E-state index contributed by atoms with van der Waals surface area (Å²) in [4.78, 5) is 18.4. The molecule has 2 aromatic heterocycles. The largest absolute Gasteiger partial charge is 0.467 e. The van der Waals surface area contributed by atoms with Crippen LogP contribution in [0.5, 0.6) is 12.0 Å². The van der Waals surface area contributed by atoms with Crippen LogP contribution in [-0.2, 0) is 6.54 Å². The number of pyridine rings is 1. The molecule has 0 unspecified atom stereocenters. The summed E-state index contributed by atoms with van der Waals surface area (Å²) in [5, 5.41) is 0. The fraction of sp³-hybridized carbons (Fsp3) is 0.333. The first-order chi connectivity index (χ1) is 9.22. The predicted molar refractivity (Wildman–Crippen MR) is 69.3 cm³/mol. The van der Waals surface area contributed by atoms with E-state index in [1.165, 1.54) is 14.2 Å². The minimum atomic E-state index is 0.217. The first-order valence-corrected chi connectivity index (χ1v) is 5.68. The fourth-order valence-electron chi connectivity index (χ4n) is 1.49. The third-order valence-electron chi connectivity index (χ3n) is 2.41. The zero-order chi connectivity index (χ0) is 13.7. The highest BCUT2D eigenvalue weighted by molar-refractivity contribution is 5.31. The molecule has 0 bridgehead atoms. The molecule has 7 heteroatoms. The summed E-state index contributed by atoms with van der Waals surface area (Å²) in [7, 11) is 4.86. The summed E-state index contributed by atoms with van der Waals surface area (Å²) < 4.78 is 10.0. The monoisotopic (exact) mass is 261 g/mol. The average Bonchev–Trinajstić information content (AvgIpc) is 2.47. The number of ether oxygens (including phenoxy) is 2. The van der Waals surface area contributed by atoms with Crippen molar-refractivity contribution in [1.82, 2.24) is 19.9 Å². The highest BCUT2D eigenvalue weighted by Crippen LogP contribution is 2.16. The second-order valence-corrected chi connectivity index (χ2v) is 3.79. The lowest BCUT2D eigenvalue weighted by atomic mass is 10.3. The zero-order valence-corrected chi connectivity index (χ0v) is 11.1. The lowest BCUT2D eigenvalue weighted by molar-refractivity contribution is 0.340. The molecule has 0 aliphatic heterocycles. The van der Waals surface area contributed by atoms with Crippen LogP contribution in [-0.4, -0.2) is 41.2 Å². The van der Waals surface area contributed by atoms with Gasteiger partial charge in [-0.25, -0.2) is 0 Å². The fourth-order valence-corrected chi connectivity index (χ4v) is 1.49. The highest BCUT2D eigenvalue weighted by Gasteiger charge is 2.11. The van der Waals surface area contributed by atoms with Crippen molar-refractivity contribution in [2.24, 2.45) is 0 Å². The first kappa shape index (κ1) is 13.0. The Hall–Kier alpha value is -2.44. The van der Waals surface area contributed by atoms with Crippen LogP contribution >= 0.6 is 0 Å². The van der Waals surface area contributed by atoms with Gasteiger partial charge in [0.25, 0.3) is 0 Å². The maximum atomic E-state index is 5.01. The Morgan fingerprint density at radius 1 is 1.05 bits per heavy atom. The molecule has 19 heavy (non-hydrogen) atoms. The number of hydrogen-bond acceptors (Lipinski definition) is 7. The summed E-state index contributed by atoms with van der Waals surface area (Å²) in [6.07, 6.45) is 1.75. The molecule has 0 atom stereocenters. The summed E-state index contributed by atoms with van der Waals surface area (Å²) in [6.45, 7) is 0.581. The van der Waals surface area contributed by atoms with Crippen LogP contribution in [0.1, 0.15) is 5.69 Å². The van der Waals surface area contributed by atoms with Gasteiger partial charge in [0.2, 0.25) is 5.95 Å². The molecule has 0 spiro atoms. The zero-order valence-electron chi connectivity index (χ0n) is 11.1.